The second kappa shape index (κ2) is 7.13. The van der Waals surface area contributed by atoms with Crippen LogP contribution in [0.4, 0.5) is 0 Å². The van der Waals surface area contributed by atoms with Crippen LogP contribution in [0.5, 0.6) is 0 Å². The predicted octanol–water partition coefficient (Wildman–Crippen LogP) is 1.12. The van der Waals surface area contributed by atoms with E-state index >= 15 is 0 Å². The van der Waals surface area contributed by atoms with Crippen molar-refractivity contribution in [2.45, 2.75) is 12.3 Å². The fourth-order valence-electron chi connectivity index (χ4n) is 1.50. The molecular formula is C12H14BrNO4. The lowest BCUT2D eigenvalue weighted by molar-refractivity contribution is -0.140. The van der Waals surface area contributed by atoms with Crippen LogP contribution in [-0.4, -0.2) is 35.2 Å². The molecular weight excluding hydrogens is 302 g/mol. The van der Waals surface area contributed by atoms with Gasteiger partial charge in [-0.1, -0.05) is 28.1 Å². The third-order valence-electron chi connectivity index (χ3n) is 2.39. The van der Waals surface area contributed by atoms with Crippen LogP contribution < -0.4 is 5.32 Å². The highest BCUT2D eigenvalue weighted by Crippen LogP contribution is 2.22. The second-order valence-electron chi connectivity index (χ2n) is 3.72. The van der Waals surface area contributed by atoms with Crippen molar-refractivity contribution in [1.29, 1.82) is 0 Å². The first kappa shape index (κ1) is 14.7. The van der Waals surface area contributed by atoms with E-state index in [1.807, 2.05) is 0 Å². The normalized spacial score (nSPS) is 11.9. The quantitative estimate of drug-likeness (QED) is 0.734. The summed E-state index contributed by atoms with van der Waals surface area (Å²) in [5.74, 6) is -2.31. The first-order valence-corrected chi connectivity index (χ1v) is 6.19. The monoisotopic (exact) mass is 315 g/mol. The molecule has 1 rings (SSSR count). The van der Waals surface area contributed by atoms with Crippen LogP contribution in [-0.2, 0) is 9.59 Å². The topological polar surface area (TPSA) is 86.6 Å². The summed E-state index contributed by atoms with van der Waals surface area (Å²) in [4.78, 5) is 22.6. The van der Waals surface area contributed by atoms with E-state index in [4.69, 9.17) is 10.2 Å². The Bertz CT molecular complexity index is 419. The molecule has 1 aromatic rings. The van der Waals surface area contributed by atoms with Crippen LogP contribution in [0.1, 0.15) is 17.9 Å². The number of carboxylic acids is 1. The third kappa shape index (κ3) is 4.46. The van der Waals surface area contributed by atoms with Crippen molar-refractivity contribution < 1.29 is 19.8 Å². The SMILES string of the molecule is O=C(CC(C(=O)O)c1ccc(Br)cc1)NCCO. The Balaban J connectivity index is 2.74. The molecule has 0 fully saturated rings. The maximum absolute atomic E-state index is 11.5. The van der Waals surface area contributed by atoms with Crippen LogP contribution in [0.3, 0.4) is 0 Å². The zero-order valence-electron chi connectivity index (χ0n) is 9.60. The first-order chi connectivity index (χ1) is 8.54. The van der Waals surface area contributed by atoms with Gasteiger partial charge < -0.3 is 15.5 Å². The molecule has 1 aromatic carbocycles. The molecule has 0 aliphatic rings. The molecule has 0 aliphatic carbocycles. The lowest BCUT2D eigenvalue weighted by Crippen LogP contribution is -2.29. The van der Waals surface area contributed by atoms with Crippen LogP contribution in [0.2, 0.25) is 0 Å². The number of aliphatic carboxylic acids is 1. The average Bonchev–Trinajstić information content (AvgIpc) is 2.34. The Labute approximate surface area is 113 Å². The minimum atomic E-state index is -1.04. The average molecular weight is 316 g/mol. The molecule has 0 saturated heterocycles. The molecule has 0 aliphatic heterocycles. The lowest BCUT2D eigenvalue weighted by atomic mass is 9.95. The van der Waals surface area contributed by atoms with E-state index in [-0.39, 0.29) is 25.5 Å². The van der Waals surface area contributed by atoms with Gasteiger partial charge in [-0.2, -0.15) is 0 Å². The van der Waals surface area contributed by atoms with Crippen LogP contribution >= 0.6 is 15.9 Å². The number of amides is 1. The summed E-state index contributed by atoms with van der Waals surface area (Å²) in [6, 6.07) is 6.80. The van der Waals surface area contributed by atoms with E-state index in [2.05, 4.69) is 21.2 Å². The minimum absolute atomic E-state index is 0.130. The molecule has 0 spiro atoms. The molecule has 0 radical (unpaired) electrons. The highest BCUT2D eigenvalue weighted by Gasteiger charge is 2.22. The fourth-order valence-corrected chi connectivity index (χ4v) is 1.76. The van der Waals surface area contributed by atoms with E-state index in [1.54, 1.807) is 24.3 Å². The van der Waals surface area contributed by atoms with Crippen molar-refractivity contribution in [3.05, 3.63) is 34.3 Å². The number of rotatable bonds is 6. The van der Waals surface area contributed by atoms with Crippen LogP contribution in [0.15, 0.2) is 28.7 Å². The van der Waals surface area contributed by atoms with Gasteiger partial charge in [0.15, 0.2) is 0 Å². The molecule has 1 atom stereocenters. The standard InChI is InChI=1S/C12H14BrNO4/c13-9-3-1-8(2-4-9)10(12(17)18)7-11(16)14-5-6-15/h1-4,10,15H,5-7H2,(H,14,16)(H,17,18). The number of nitrogens with one attached hydrogen (secondary N) is 1. The molecule has 0 saturated carbocycles. The highest BCUT2D eigenvalue weighted by molar-refractivity contribution is 9.10. The number of carboxylic acid groups (broad SMARTS) is 1. The van der Waals surface area contributed by atoms with Crippen molar-refractivity contribution in [2.24, 2.45) is 0 Å². The summed E-state index contributed by atoms with van der Waals surface area (Å²) in [6.45, 7) is -0.0345. The molecule has 3 N–H and O–H groups in total. The highest BCUT2D eigenvalue weighted by atomic mass is 79.9. The Morgan fingerprint density at radius 1 is 1.28 bits per heavy atom. The summed E-state index contributed by atoms with van der Waals surface area (Å²) in [7, 11) is 0. The van der Waals surface area contributed by atoms with Crippen LogP contribution in [0.25, 0.3) is 0 Å². The number of halogens is 1. The van der Waals surface area contributed by atoms with E-state index in [9.17, 15) is 9.59 Å². The summed E-state index contributed by atoms with van der Waals surface area (Å²) in [5, 5.41) is 20.1. The molecule has 18 heavy (non-hydrogen) atoms. The minimum Gasteiger partial charge on any atom is -0.481 e. The second-order valence-corrected chi connectivity index (χ2v) is 4.64. The number of aliphatic hydroxyl groups excluding tert-OH is 1. The molecule has 0 bridgehead atoms. The maximum Gasteiger partial charge on any atom is 0.311 e. The van der Waals surface area contributed by atoms with Crippen molar-refractivity contribution in [1.82, 2.24) is 5.32 Å². The fraction of sp³-hybridized carbons (Fsp3) is 0.333. The van der Waals surface area contributed by atoms with E-state index in [0.717, 1.165) is 4.47 Å². The zero-order valence-corrected chi connectivity index (χ0v) is 11.2. The molecule has 1 amide bonds. The van der Waals surface area contributed by atoms with Crippen molar-refractivity contribution in [2.75, 3.05) is 13.2 Å². The lowest BCUT2D eigenvalue weighted by Gasteiger charge is -2.12. The molecule has 5 nitrogen and oxygen atoms in total. The van der Waals surface area contributed by atoms with Gasteiger partial charge in [-0.15, -0.1) is 0 Å². The third-order valence-corrected chi connectivity index (χ3v) is 2.92. The van der Waals surface area contributed by atoms with Gasteiger partial charge in [-0.25, -0.2) is 0 Å². The predicted molar refractivity (Wildman–Crippen MR) is 69.2 cm³/mol. The van der Waals surface area contributed by atoms with Gasteiger partial charge in [-0.3, -0.25) is 9.59 Å². The largest absolute Gasteiger partial charge is 0.481 e. The van der Waals surface area contributed by atoms with Crippen molar-refractivity contribution in [3.8, 4) is 0 Å². The van der Waals surface area contributed by atoms with Crippen molar-refractivity contribution >= 4 is 27.8 Å². The number of hydrogen-bond donors (Lipinski definition) is 3. The molecule has 98 valence electrons. The van der Waals surface area contributed by atoms with Gasteiger partial charge in [0.2, 0.25) is 5.91 Å². The molecule has 0 heterocycles. The first-order valence-electron chi connectivity index (χ1n) is 5.40. The van der Waals surface area contributed by atoms with Gasteiger partial charge in [0, 0.05) is 17.4 Å². The molecule has 0 aromatic heterocycles. The Kier molecular flexibility index (Phi) is 5.80. The number of aliphatic hydroxyl groups is 1. The Hall–Kier alpha value is -1.40. The maximum atomic E-state index is 11.5. The number of benzene rings is 1. The molecule has 1 unspecified atom stereocenters. The van der Waals surface area contributed by atoms with Gasteiger partial charge in [0.1, 0.15) is 0 Å². The Morgan fingerprint density at radius 2 is 1.89 bits per heavy atom. The number of carbonyl (C=O) groups is 2. The van der Waals surface area contributed by atoms with Gasteiger partial charge in [-0.05, 0) is 17.7 Å². The van der Waals surface area contributed by atoms with E-state index < -0.39 is 11.9 Å². The Morgan fingerprint density at radius 3 is 2.39 bits per heavy atom. The smallest absolute Gasteiger partial charge is 0.311 e. The number of hydrogen-bond acceptors (Lipinski definition) is 3. The summed E-state index contributed by atoms with van der Waals surface area (Å²) in [5.41, 5.74) is 0.574. The van der Waals surface area contributed by atoms with Gasteiger partial charge >= 0.3 is 5.97 Å². The summed E-state index contributed by atoms with van der Waals surface area (Å²) >= 11 is 3.26. The summed E-state index contributed by atoms with van der Waals surface area (Å²) in [6.07, 6.45) is -0.142. The van der Waals surface area contributed by atoms with Gasteiger partial charge in [0.25, 0.3) is 0 Å². The molecule has 6 heteroatoms. The number of carbonyl (C=O) groups excluding carboxylic acids is 1. The van der Waals surface area contributed by atoms with Crippen molar-refractivity contribution in [3.63, 3.8) is 0 Å². The van der Waals surface area contributed by atoms with E-state index in [1.165, 1.54) is 0 Å². The summed E-state index contributed by atoms with van der Waals surface area (Å²) < 4.78 is 0.847. The van der Waals surface area contributed by atoms with Gasteiger partial charge in [0.05, 0.1) is 12.5 Å². The van der Waals surface area contributed by atoms with Crippen LogP contribution in [0, 0.1) is 0 Å². The zero-order chi connectivity index (χ0) is 13.5. The van der Waals surface area contributed by atoms with E-state index in [0.29, 0.717) is 5.56 Å².